The molecule has 0 aliphatic heterocycles. The summed E-state index contributed by atoms with van der Waals surface area (Å²) in [7, 11) is 3.29. The minimum Gasteiger partial charge on any atom is -0.497 e. The van der Waals surface area contributed by atoms with Crippen LogP contribution in [0, 0.1) is 0 Å². The molecule has 0 saturated heterocycles. The van der Waals surface area contributed by atoms with E-state index >= 15 is 0 Å². The van der Waals surface area contributed by atoms with Crippen LogP contribution < -0.4 is 10.1 Å². The summed E-state index contributed by atoms with van der Waals surface area (Å²) < 4.78 is 10.2. The molecule has 0 spiro atoms. The number of aliphatic hydroxyl groups excluding tert-OH is 1. The first-order valence-electron chi connectivity index (χ1n) is 5.65. The second-order valence-corrected chi connectivity index (χ2v) is 4.14. The van der Waals surface area contributed by atoms with Gasteiger partial charge in [-0.05, 0) is 24.6 Å². The smallest absolute Gasteiger partial charge is 0.119 e. The van der Waals surface area contributed by atoms with Crippen molar-refractivity contribution >= 4 is 0 Å². The highest BCUT2D eigenvalue weighted by atomic mass is 16.5. The van der Waals surface area contributed by atoms with Crippen LogP contribution in [0.5, 0.6) is 5.75 Å². The van der Waals surface area contributed by atoms with Crippen LogP contribution >= 0.6 is 0 Å². The molecule has 0 aliphatic carbocycles. The molecule has 1 aromatic carbocycles. The van der Waals surface area contributed by atoms with Crippen molar-refractivity contribution in [3.05, 3.63) is 29.8 Å². The molecule has 0 aromatic heterocycles. The Morgan fingerprint density at radius 2 is 2.12 bits per heavy atom. The molecule has 0 saturated carbocycles. The Balaban J connectivity index is 2.82. The van der Waals surface area contributed by atoms with Gasteiger partial charge in [0, 0.05) is 13.7 Å². The first-order valence-corrected chi connectivity index (χ1v) is 5.65. The van der Waals surface area contributed by atoms with Crippen LogP contribution in [0.4, 0.5) is 0 Å². The lowest BCUT2D eigenvalue weighted by Gasteiger charge is -2.29. The molecule has 0 bridgehead atoms. The maximum Gasteiger partial charge on any atom is 0.119 e. The van der Waals surface area contributed by atoms with Gasteiger partial charge in [0.2, 0.25) is 0 Å². The second-order valence-electron chi connectivity index (χ2n) is 4.14. The monoisotopic (exact) mass is 239 g/mol. The molecule has 4 nitrogen and oxygen atoms in total. The van der Waals surface area contributed by atoms with Crippen LogP contribution in [0.1, 0.15) is 12.5 Å². The van der Waals surface area contributed by atoms with E-state index in [1.54, 1.807) is 14.2 Å². The first-order chi connectivity index (χ1) is 8.16. The predicted molar refractivity (Wildman–Crippen MR) is 67.3 cm³/mol. The Kier molecular flexibility index (Phi) is 5.41. The summed E-state index contributed by atoms with van der Waals surface area (Å²) in [6.45, 7) is 3.27. The van der Waals surface area contributed by atoms with Gasteiger partial charge in [-0.1, -0.05) is 12.1 Å². The number of aliphatic hydroxyl groups is 1. The first kappa shape index (κ1) is 14.0. The van der Waals surface area contributed by atoms with E-state index in [1.165, 1.54) is 0 Å². The highest BCUT2D eigenvalue weighted by Crippen LogP contribution is 2.23. The van der Waals surface area contributed by atoms with E-state index in [1.807, 2.05) is 31.2 Å². The third-order valence-electron chi connectivity index (χ3n) is 2.84. The van der Waals surface area contributed by atoms with Gasteiger partial charge in [-0.2, -0.15) is 0 Å². The summed E-state index contributed by atoms with van der Waals surface area (Å²) in [6.07, 6.45) is 0. The summed E-state index contributed by atoms with van der Waals surface area (Å²) in [5.74, 6) is 0.788. The molecule has 2 N–H and O–H groups in total. The number of ether oxygens (including phenoxy) is 2. The Labute approximate surface area is 103 Å². The van der Waals surface area contributed by atoms with Crippen LogP contribution in [0.25, 0.3) is 0 Å². The Bertz CT molecular complexity index is 343. The van der Waals surface area contributed by atoms with Gasteiger partial charge in [0.25, 0.3) is 0 Å². The van der Waals surface area contributed by atoms with Gasteiger partial charge in [0.05, 0.1) is 25.9 Å². The molecule has 1 aromatic rings. The predicted octanol–water partition coefficient (Wildman–Crippen LogP) is 1.14. The fraction of sp³-hybridized carbons (Fsp3) is 0.538. The second kappa shape index (κ2) is 6.59. The Morgan fingerprint density at radius 3 is 2.71 bits per heavy atom. The lowest BCUT2D eigenvalue weighted by Crippen LogP contribution is -2.44. The average Bonchev–Trinajstić information content (AvgIpc) is 2.39. The van der Waals surface area contributed by atoms with Crippen molar-refractivity contribution in [2.45, 2.75) is 12.5 Å². The molecular weight excluding hydrogens is 218 g/mol. The van der Waals surface area contributed by atoms with E-state index in [-0.39, 0.29) is 6.61 Å². The maximum atomic E-state index is 9.56. The van der Waals surface area contributed by atoms with Crippen LogP contribution in [0.15, 0.2) is 24.3 Å². The third kappa shape index (κ3) is 3.70. The number of benzene rings is 1. The average molecular weight is 239 g/mol. The molecule has 96 valence electrons. The van der Waals surface area contributed by atoms with Gasteiger partial charge in [-0.15, -0.1) is 0 Å². The topological polar surface area (TPSA) is 50.7 Å². The fourth-order valence-electron chi connectivity index (χ4n) is 1.64. The van der Waals surface area contributed by atoms with E-state index in [2.05, 4.69) is 5.32 Å². The normalized spacial score (nSPS) is 14.4. The lowest BCUT2D eigenvalue weighted by molar-refractivity contribution is 0.148. The van der Waals surface area contributed by atoms with E-state index in [0.29, 0.717) is 13.2 Å². The number of methoxy groups -OCH3 is 2. The van der Waals surface area contributed by atoms with Gasteiger partial charge in [0.1, 0.15) is 5.75 Å². The molecule has 0 heterocycles. The molecule has 1 unspecified atom stereocenters. The Morgan fingerprint density at radius 1 is 1.35 bits per heavy atom. The van der Waals surface area contributed by atoms with E-state index < -0.39 is 5.54 Å². The van der Waals surface area contributed by atoms with Gasteiger partial charge in [-0.25, -0.2) is 0 Å². The molecule has 4 heteroatoms. The molecule has 1 atom stereocenters. The fourth-order valence-corrected chi connectivity index (χ4v) is 1.64. The molecule has 17 heavy (non-hydrogen) atoms. The van der Waals surface area contributed by atoms with Crippen molar-refractivity contribution in [2.75, 3.05) is 34.0 Å². The van der Waals surface area contributed by atoms with Crippen molar-refractivity contribution in [2.24, 2.45) is 0 Å². The Hall–Kier alpha value is -1.10. The van der Waals surface area contributed by atoms with Crippen LogP contribution in [0.3, 0.4) is 0 Å². The lowest BCUT2D eigenvalue weighted by atomic mass is 9.92. The van der Waals surface area contributed by atoms with Crippen molar-refractivity contribution in [1.29, 1.82) is 0 Å². The maximum absolute atomic E-state index is 9.56. The van der Waals surface area contributed by atoms with E-state index in [9.17, 15) is 5.11 Å². The quantitative estimate of drug-likeness (QED) is 0.701. The zero-order valence-electron chi connectivity index (χ0n) is 10.7. The summed E-state index contributed by atoms with van der Waals surface area (Å²) >= 11 is 0. The van der Waals surface area contributed by atoms with Crippen LogP contribution in [-0.4, -0.2) is 39.1 Å². The minimum absolute atomic E-state index is 0.0177. The summed E-state index contributed by atoms with van der Waals surface area (Å²) in [6, 6.07) is 7.70. The molecule has 1 rings (SSSR count). The molecule has 0 amide bonds. The molecular formula is C13H21NO3. The number of rotatable bonds is 7. The molecule has 0 fully saturated rings. The number of nitrogens with one attached hydrogen (secondary N) is 1. The minimum atomic E-state index is -0.479. The zero-order chi connectivity index (χ0) is 12.7. The molecule has 0 aliphatic rings. The van der Waals surface area contributed by atoms with Crippen LogP contribution in [-0.2, 0) is 10.3 Å². The van der Waals surface area contributed by atoms with E-state index in [4.69, 9.17) is 9.47 Å². The highest BCUT2D eigenvalue weighted by molar-refractivity contribution is 5.33. The summed E-state index contributed by atoms with van der Waals surface area (Å²) in [5.41, 5.74) is 0.517. The van der Waals surface area contributed by atoms with E-state index in [0.717, 1.165) is 11.3 Å². The van der Waals surface area contributed by atoms with Gasteiger partial charge in [-0.3, -0.25) is 0 Å². The van der Waals surface area contributed by atoms with Crippen molar-refractivity contribution in [1.82, 2.24) is 5.32 Å². The van der Waals surface area contributed by atoms with Crippen molar-refractivity contribution in [3.8, 4) is 5.75 Å². The van der Waals surface area contributed by atoms with Crippen molar-refractivity contribution in [3.63, 3.8) is 0 Å². The van der Waals surface area contributed by atoms with Gasteiger partial charge in [0.15, 0.2) is 0 Å². The number of hydrogen-bond donors (Lipinski definition) is 2. The zero-order valence-corrected chi connectivity index (χ0v) is 10.7. The highest BCUT2D eigenvalue weighted by Gasteiger charge is 2.25. The summed E-state index contributed by atoms with van der Waals surface area (Å²) in [4.78, 5) is 0. The standard InChI is InChI=1S/C13H21NO3/c1-13(10-15,14-7-8-16-2)11-5-4-6-12(9-11)17-3/h4-6,9,14-15H,7-8,10H2,1-3H3. The SMILES string of the molecule is COCCNC(C)(CO)c1cccc(OC)c1. The van der Waals surface area contributed by atoms with Gasteiger partial charge < -0.3 is 19.9 Å². The van der Waals surface area contributed by atoms with Gasteiger partial charge >= 0.3 is 0 Å². The third-order valence-corrected chi connectivity index (χ3v) is 2.84. The number of hydrogen-bond acceptors (Lipinski definition) is 4. The van der Waals surface area contributed by atoms with Crippen LogP contribution in [0.2, 0.25) is 0 Å². The molecule has 0 radical (unpaired) electrons. The summed E-state index contributed by atoms with van der Waals surface area (Å²) in [5, 5.41) is 12.8. The largest absolute Gasteiger partial charge is 0.497 e. The van der Waals surface area contributed by atoms with Crippen molar-refractivity contribution < 1.29 is 14.6 Å².